The van der Waals surface area contributed by atoms with Crippen molar-refractivity contribution in [3.8, 4) is 0 Å². The molecule has 0 aliphatic rings. The second-order valence-electron chi connectivity index (χ2n) is 5.90. The Balaban J connectivity index is 3.54. The molecule has 134 valence electrons. The summed E-state index contributed by atoms with van der Waals surface area (Å²) in [4.78, 5) is 16.1. The van der Waals surface area contributed by atoms with Crippen molar-refractivity contribution in [2.45, 2.75) is 57.3 Å². The van der Waals surface area contributed by atoms with Crippen molar-refractivity contribution in [3.63, 3.8) is 0 Å². The van der Waals surface area contributed by atoms with Gasteiger partial charge in [-0.05, 0) is 36.5 Å². The lowest BCUT2D eigenvalue weighted by Gasteiger charge is -2.16. The van der Waals surface area contributed by atoms with Gasteiger partial charge in [0.05, 0.1) is 4.90 Å². The van der Waals surface area contributed by atoms with Gasteiger partial charge in [-0.25, -0.2) is 8.42 Å². The summed E-state index contributed by atoms with van der Waals surface area (Å²) >= 11 is 0. The molecule has 0 fully saturated rings. The summed E-state index contributed by atoms with van der Waals surface area (Å²) in [6, 6.07) is 3.34. The number of rotatable bonds is 8. The normalized spacial score (nSPS) is 11.3. The van der Waals surface area contributed by atoms with E-state index in [2.05, 4.69) is 11.9 Å². The predicted molar refractivity (Wildman–Crippen MR) is 96.9 cm³/mol. The van der Waals surface area contributed by atoms with Crippen LogP contribution in [0.4, 0.5) is 0 Å². The van der Waals surface area contributed by atoms with Gasteiger partial charge in [0.1, 0.15) is 0 Å². The number of aryl methyl sites for hydroxylation is 1. The van der Waals surface area contributed by atoms with E-state index in [0.717, 1.165) is 24.8 Å². The number of amides is 1. The molecule has 0 bridgehead atoms. The van der Waals surface area contributed by atoms with E-state index >= 15 is 0 Å². The Hall–Kier alpha value is -1.89. The van der Waals surface area contributed by atoms with E-state index in [9.17, 15) is 13.2 Å². The van der Waals surface area contributed by atoms with E-state index in [-0.39, 0.29) is 16.4 Å². The van der Waals surface area contributed by atoms with Crippen molar-refractivity contribution < 1.29 is 13.2 Å². The Morgan fingerprint density at radius 1 is 1.08 bits per heavy atom. The van der Waals surface area contributed by atoms with Crippen LogP contribution in [0.2, 0.25) is 0 Å². The zero-order valence-corrected chi connectivity index (χ0v) is 15.4. The van der Waals surface area contributed by atoms with Crippen molar-refractivity contribution in [1.82, 2.24) is 0 Å². The van der Waals surface area contributed by atoms with Crippen LogP contribution in [-0.4, -0.2) is 26.5 Å². The van der Waals surface area contributed by atoms with E-state index in [0.29, 0.717) is 24.8 Å². The fourth-order valence-electron chi connectivity index (χ4n) is 2.78. The highest BCUT2D eigenvalue weighted by molar-refractivity contribution is 7.90. The van der Waals surface area contributed by atoms with E-state index in [4.69, 9.17) is 11.5 Å². The van der Waals surface area contributed by atoms with Crippen molar-refractivity contribution in [1.29, 1.82) is 0 Å². The molecule has 24 heavy (non-hydrogen) atoms. The summed E-state index contributed by atoms with van der Waals surface area (Å²) in [5.74, 6) is -0.946. The van der Waals surface area contributed by atoms with Gasteiger partial charge in [-0.3, -0.25) is 4.79 Å². The molecule has 0 aliphatic carbocycles. The lowest BCUT2D eigenvalue weighted by atomic mass is 9.96. The Morgan fingerprint density at radius 2 is 1.75 bits per heavy atom. The second kappa shape index (κ2) is 8.82. The predicted octanol–water partition coefficient (Wildman–Crippen LogP) is 2.19. The minimum atomic E-state index is -3.47. The number of hydrogen-bond donors (Lipinski definition) is 2. The third kappa shape index (κ3) is 5.33. The van der Waals surface area contributed by atoms with Crippen LogP contribution in [0.5, 0.6) is 0 Å². The summed E-state index contributed by atoms with van der Waals surface area (Å²) in [6.45, 7) is 4.03. The van der Waals surface area contributed by atoms with Crippen molar-refractivity contribution >= 4 is 21.7 Å². The van der Waals surface area contributed by atoms with Crippen LogP contribution < -0.4 is 11.5 Å². The third-order valence-electron chi connectivity index (χ3n) is 3.72. The summed E-state index contributed by atoms with van der Waals surface area (Å²) in [5.41, 5.74) is 12.1. The van der Waals surface area contributed by atoms with Crippen LogP contribution in [0.15, 0.2) is 22.0 Å². The fraction of sp³-hybridized carbons (Fsp3) is 0.529. The first-order valence-electron chi connectivity index (χ1n) is 8.21. The van der Waals surface area contributed by atoms with Gasteiger partial charge in [-0.1, -0.05) is 39.2 Å². The van der Waals surface area contributed by atoms with Crippen molar-refractivity contribution in [2.24, 2.45) is 16.5 Å². The summed E-state index contributed by atoms with van der Waals surface area (Å²) in [6.07, 6.45) is 6.03. The Kier molecular flexibility index (Phi) is 7.41. The average Bonchev–Trinajstić information content (AvgIpc) is 2.45. The molecule has 0 radical (unpaired) electrons. The van der Waals surface area contributed by atoms with Gasteiger partial charge in [-0.15, -0.1) is 0 Å². The third-order valence-corrected chi connectivity index (χ3v) is 4.97. The summed E-state index contributed by atoms with van der Waals surface area (Å²) in [7, 11) is -3.47. The molecule has 1 amide bonds. The monoisotopic (exact) mass is 353 g/mol. The smallest absolute Gasteiger partial charge is 0.280 e. The molecule has 0 saturated carbocycles. The number of benzene rings is 1. The molecule has 0 heterocycles. The number of guanidine groups is 1. The highest BCUT2D eigenvalue weighted by Crippen LogP contribution is 2.28. The van der Waals surface area contributed by atoms with Gasteiger partial charge in [0.2, 0.25) is 0 Å². The standard InChI is InChI=1S/C17H27N3O3S/c1-4-6-7-9-12-10-11-14(16(21)20-17(18)19)13(8-5-2)15(12)24(3,22)23/h10-11H,4-9H2,1-3H3,(H4,18,19,20,21). The molecule has 1 rings (SSSR count). The molecular weight excluding hydrogens is 326 g/mol. The van der Waals surface area contributed by atoms with Crippen LogP contribution in [0.3, 0.4) is 0 Å². The molecular formula is C17H27N3O3S. The quantitative estimate of drug-likeness (QED) is 0.422. The maximum atomic E-state index is 12.4. The van der Waals surface area contributed by atoms with Crippen molar-refractivity contribution in [2.75, 3.05) is 6.26 Å². The topological polar surface area (TPSA) is 116 Å². The lowest BCUT2D eigenvalue weighted by molar-refractivity contribution is 0.100. The zero-order valence-electron chi connectivity index (χ0n) is 14.6. The van der Waals surface area contributed by atoms with E-state index < -0.39 is 15.7 Å². The minimum Gasteiger partial charge on any atom is -0.370 e. The van der Waals surface area contributed by atoms with Crippen LogP contribution >= 0.6 is 0 Å². The molecule has 0 atom stereocenters. The molecule has 1 aromatic carbocycles. The second-order valence-corrected chi connectivity index (χ2v) is 7.85. The van der Waals surface area contributed by atoms with E-state index in [1.807, 2.05) is 6.92 Å². The van der Waals surface area contributed by atoms with Crippen LogP contribution in [0.25, 0.3) is 0 Å². The number of carbonyl (C=O) groups is 1. The van der Waals surface area contributed by atoms with Crippen LogP contribution in [-0.2, 0) is 22.7 Å². The van der Waals surface area contributed by atoms with E-state index in [1.165, 1.54) is 6.26 Å². The Bertz CT molecular complexity index is 721. The zero-order chi connectivity index (χ0) is 18.3. The maximum absolute atomic E-state index is 12.4. The molecule has 1 aromatic rings. The number of carbonyl (C=O) groups excluding carboxylic acids is 1. The highest BCUT2D eigenvalue weighted by atomic mass is 32.2. The molecule has 0 aromatic heterocycles. The number of sulfone groups is 1. The lowest BCUT2D eigenvalue weighted by Crippen LogP contribution is -2.24. The summed E-state index contributed by atoms with van der Waals surface area (Å²) < 4.78 is 24.8. The molecule has 0 saturated heterocycles. The molecule has 7 heteroatoms. The first-order chi connectivity index (χ1) is 11.2. The first kappa shape index (κ1) is 20.2. The minimum absolute atomic E-state index is 0.255. The Morgan fingerprint density at radius 3 is 2.25 bits per heavy atom. The SMILES string of the molecule is CCCCCc1ccc(C(=O)N=C(N)N)c(CCC)c1S(C)(=O)=O. The largest absolute Gasteiger partial charge is 0.370 e. The van der Waals surface area contributed by atoms with Gasteiger partial charge in [0.25, 0.3) is 5.91 Å². The molecule has 0 aliphatic heterocycles. The molecule has 4 N–H and O–H groups in total. The number of nitrogens with two attached hydrogens (primary N) is 2. The number of unbranched alkanes of at least 4 members (excludes halogenated alkanes) is 2. The molecule has 0 unspecified atom stereocenters. The number of nitrogens with zero attached hydrogens (tertiary/aromatic N) is 1. The maximum Gasteiger partial charge on any atom is 0.280 e. The first-order valence-corrected chi connectivity index (χ1v) is 10.1. The van der Waals surface area contributed by atoms with Crippen molar-refractivity contribution in [3.05, 3.63) is 28.8 Å². The van der Waals surface area contributed by atoms with Gasteiger partial charge >= 0.3 is 0 Å². The number of aliphatic imine (C=N–C) groups is 1. The van der Waals surface area contributed by atoms with Crippen LogP contribution in [0.1, 0.15) is 61.0 Å². The highest BCUT2D eigenvalue weighted by Gasteiger charge is 2.23. The fourth-order valence-corrected chi connectivity index (χ4v) is 4.08. The van der Waals surface area contributed by atoms with Gasteiger partial charge < -0.3 is 11.5 Å². The van der Waals surface area contributed by atoms with Gasteiger partial charge in [-0.2, -0.15) is 4.99 Å². The van der Waals surface area contributed by atoms with Gasteiger partial charge in [0.15, 0.2) is 15.8 Å². The van der Waals surface area contributed by atoms with E-state index in [1.54, 1.807) is 12.1 Å². The summed E-state index contributed by atoms with van der Waals surface area (Å²) in [5, 5.41) is 0. The van der Waals surface area contributed by atoms with Gasteiger partial charge in [0, 0.05) is 11.8 Å². The van der Waals surface area contributed by atoms with Crippen LogP contribution in [0, 0.1) is 0 Å². The molecule has 6 nitrogen and oxygen atoms in total. The average molecular weight is 353 g/mol. The Labute approximate surface area is 144 Å². The molecule has 0 spiro atoms. The number of hydrogen-bond acceptors (Lipinski definition) is 3.